The summed E-state index contributed by atoms with van der Waals surface area (Å²) >= 11 is 0. The van der Waals surface area contributed by atoms with Gasteiger partial charge in [-0.15, -0.1) is 0 Å². The number of alkyl halides is 12. The number of hydrogen-bond acceptors (Lipinski definition) is 2. The number of rotatable bonds is 0. The van der Waals surface area contributed by atoms with Crippen molar-refractivity contribution < 1.29 is 52.7 Å². The average Bonchev–Trinajstić information content (AvgIpc) is 2.39. The summed E-state index contributed by atoms with van der Waals surface area (Å²) in [6, 6.07) is 0.369. The maximum Gasteiger partial charge on any atom is 0.418 e. The summed E-state index contributed by atoms with van der Waals surface area (Å²) in [5.41, 5.74) is -19.1. The van der Waals surface area contributed by atoms with Crippen LogP contribution >= 0.6 is 0 Å². The minimum atomic E-state index is -6.48. The van der Waals surface area contributed by atoms with Gasteiger partial charge in [0.15, 0.2) is 0 Å². The third-order valence-corrected chi connectivity index (χ3v) is 2.86. The number of halogens is 12. The molecule has 1 rings (SSSR count). The topological polar surface area (TPSA) is 47.6 Å². The summed E-state index contributed by atoms with van der Waals surface area (Å²) in [5, 5.41) is 17.0. The molecule has 0 aliphatic carbocycles. The van der Waals surface area contributed by atoms with Gasteiger partial charge in [-0.3, -0.25) is 0 Å². The van der Waals surface area contributed by atoms with Crippen LogP contribution in [0.3, 0.4) is 0 Å². The predicted octanol–water partition coefficient (Wildman–Crippen LogP) is 5.51. The van der Waals surface area contributed by atoms with E-state index in [0.717, 1.165) is 0 Å². The van der Waals surface area contributed by atoms with Crippen molar-refractivity contribution in [2.45, 2.75) is 24.7 Å². The lowest BCUT2D eigenvalue weighted by Crippen LogP contribution is -2.29. The molecule has 0 unspecified atom stereocenters. The Morgan fingerprint density at radius 2 is 0.654 bits per heavy atom. The van der Waals surface area contributed by atoms with Crippen LogP contribution in [0.5, 0.6) is 0 Å². The quantitative estimate of drug-likeness (QED) is 0.540. The molecule has 0 N–H and O–H groups in total. The fourth-order valence-electron chi connectivity index (χ4n) is 2.11. The van der Waals surface area contributed by atoms with E-state index < -0.39 is 58.1 Å². The molecule has 1 aromatic carbocycles. The first-order chi connectivity index (χ1) is 11.4. The van der Waals surface area contributed by atoms with Gasteiger partial charge in [0.25, 0.3) is 0 Å². The van der Waals surface area contributed by atoms with E-state index in [-0.39, 0.29) is 12.1 Å². The van der Waals surface area contributed by atoms with Gasteiger partial charge < -0.3 is 0 Å². The van der Waals surface area contributed by atoms with Gasteiger partial charge in [-0.05, 0) is 0 Å². The van der Waals surface area contributed by atoms with E-state index in [9.17, 15) is 52.7 Å². The molecule has 0 bridgehead atoms. The van der Waals surface area contributed by atoms with Gasteiger partial charge in [-0.25, -0.2) is 0 Å². The Morgan fingerprint density at radius 1 is 0.423 bits per heavy atom. The molecule has 26 heavy (non-hydrogen) atoms. The number of nitrogens with zero attached hydrogens (tertiary/aromatic N) is 2. The average molecular weight is 400 g/mol. The van der Waals surface area contributed by atoms with Crippen molar-refractivity contribution >= 4 is 0 Å². The van der Waals surface area contributed by atoms with Crippen molar-refractivity contribution in [3.8, 4) is 12.1 Å². The molecule has 142 valence electrons. The Hall–Kier alpha value is -2.64. The molecule has 0 amide bonds. The van der Waals surface area contributed by atoms with Gasteiger partial charge >= 0.3 is 24.7 Å². The van der Waals surface area contributed by atoms with Crippen LogP contribution < -0.4 is 0 Å². The van der Waals surface area contributed by atoms with Crippen LogP contribution in [0.25, 0.3) is 0 Å². The molecule has 0 spiro atoms. The van der Waals surface area contributed by atoms with E-state index in [1.165, 1.54) is 0 Å². The molecule has 0 heterocycles. The van der Waals surface area contributed by atoms with E-state index in [1.54, 1.807) is 0 Å². The number of hydrogen-bond donors (Lipinski definition) is 0. The zero-order valence-corrected chi connectivity index (χ0v) is 11.4. The highest BCUT2D eigenvalue weighted by atomic mass is 19.4. The van der Waals surface area contributed by atoms with Crippen molar-refractivity contribution in [2.75, 3.05) is 0 Å². The van der Waals surface area contributed by atoms with Gasteiger partial charge in [-0.2, -0.15) is 63.2 Å². The van der Waals surface area contributed by atoms with Crippen LogP contribution in [0.15, 0.2) is 0 Å². The van der Waals surface area contributed by atoms with Gasteiger partial charge in [0, 0.05) is 0 Å². The maximum atomic E-state index is 12.9. The summed E-state index contributed by atoms with van der Waals surface area (Å²) in [7, 11) is 0. The highest BCUT2D eigenvalue weighted by molar-refractivity contribution is 5.64. The Bertz CT molecular complexity index is 755. The zero-order valence-electron chi connectivity index (χ0n) is 11.4. The number of benzene rings is 1. The van der Waals surface area contributed by atoms with Gasteiger partial charge in [0.05, 0.1) is 33.4 Å². The van der Waals surface area contributed by atoms with E-state index in [0.29, 0.717) is 0 Å². The van der Waals surface area contributed by atoms with E-state index in [1.807, 2.05) is 0 Å². The fraction of sp³-hybridized carbons (Fsp3) is 0.333. The van der Waals surface area contributed by atoms with Crippen molar-refractivity contribution in [1.29, 1.82) is 10.5 Å². The summed E-state index contributed by atoms with van der Waals surface area (Å²) < 4.78 is 155. The van der Waals surface area contributed by atoms with Crippen molar-refractivity contribution in [2.24, 2.45) is 0 Å². The number of nitriles is 2. The highest BCUT2D eigenvalue weighted by Gasteiger charge is 2.56. The second-order valence-corrected chi connectivity index (χ2v) is 4.46. The lowest BCUT2D eigenvalue weighted by Gasteiger charge is -2.25. The molecular weight excluding hydrogens is 400 g/mol. The van der Waals surface area contributed by atoms with Crippen molar-refractivity contribution in [1.82, 2.24) is 0 Å². The van der Waals surface area contributed by atoms with Crippen LogP contribution in [0.1, 0.15) is 33.4 Å². The zero-order chi connectivity index (χ0) is 20.9. The highest BCUT2D eigenvalue weighted by Crippen LogP contribution is 2.52. The third-order valence-electron chi connectivity index (χ3n) is 2.86. The molecule has 0 aromatic heterocycles. The molecule has 14 heteroatoms. The third kappa shape index (κ3) is 3.63. The second kappa shape index (κ2) is 5.96. The molecule has 0 radical (unpaired) electrons. The summed E-state index contributed by atoms with van der Waals surface area (Å²) in [4.78, 5) is 0. The van der Waals surface area contributed by atoms with Crippen LogP contribution in [-0.2, 0) is 24.7 Å². The fourth-order valence-corrected chi connectivity index (χ4v) is 2.11. The molecule has 0 fully saturated rings. The standard InChI is InChI=1S/C12F12N2/c13-9(14,15)5-3(1-25)6(10(16,17)18)8(12(22,23)24)7(4(5)2-26)11(19,20)21. The Labute approximate surface area is 134 Å². The minimum absolute atomic E-state index is 0.185. The first-order valence-corrected chi connectivity index (χ1v) is 5.72. The molecule has 0 aliphatic rings. The molecule has 0 atom stereocenters. The first kappa shape index (κ1) is 21.4. The SMILES string of the molecule is N#Cc1c(C(F)(F)F)c(C#N)c(C(F)(F)F)c(C(F)(F)F)c1C(F)(F)F. The van der Waals surface area contributed by atoms with Crippen molar-refractivity contribution in [3.63, 3.8) is 0 Å². The largest absolute Gasteiger partial charge is 0.418 e. The van der Waals surface area contributed by atoms with Crippen LogP contribution in [0, 0.1) is 22.7 Å². The summed E-state index contributed by atoms with van der Waals surface area (Å²) in [5.74, 6) is 0. The van der Waals surface area contributed by atoms with Crippen LogP contribution in [-0.4, -0.2) is 0 Å². The summed E-state index contributed by atoms with van der Waals surface area (Å²) in [6.45, 7) is 0. The normalized spacial score (nSPS) is 13.3. The van der Waals surface area contributed by atoms with Crippen LogP contribution in [0.4, 0.5) is 52.7 Å². The molecule has 2 nitrogen and oxygen atoms in total. The van der Waals surface area contributed by atoms with Crippen LogP contribution in [0.2, 0.25) is 0 Å². The monoisotopic (exact) mass is 400 g/mol. The van der Waals surface area contributed by atoms with Gasteiger partial charge in [0.2, 0.25) is 0 Å². The van der Waals surface area contributed by atoms with Crippen molar-refractivity contribution in [3.05, 3.63) is 33.4 Å². The van der Waals surface area contributed by atoms with E-state index >= 15 is 0 Å². The maximum absolute atomic E-state index is 12.9. The molecule has 0 saturated heterocycles. The first-order valence-electron chi connectivity index (χ1n) is 5.72. The lowest BCUT2D eigenvalue weighted by molar-refractivity contribution is -0.176. The summed E-state index contributed by atoms with van der Waals surface area (Å²) in [6.07, 6.45) is -25.5. The second-order valence-electron chi connectivity index (χ2n) is 4.46. The van der Waals surface area contributed by atoms with E-state index in [2.05, 4.69) is 0 Å². The van der Waals surface area contributed by atoms with Gasteiger partial charge in [0.1, 0.15) is 12.1 Å². The molecule has 0 saturated carbocycles. The predicted molar refractivity (Wildman–Crippen MR) is 55.9 cm³/mol. The van der Waals surface area contributed by atoms with Gasteiger partial charge in [-0.1, -0.05) is 0 Å². The Morgan fingerprint density at radius 3 is 0.808 bits per heavy atom. The minimum Gasteiger partial charge on any atom is -0.192 e. The van der Waals surface area contributed by atoms with E-state index in [4.69, 9.17) is 10.5 Å². The Kier molecular flexibility index (Phi) is 4.91. The smallest absolute Gasteiger partial charge is 0.192 e. The Balaban J connectivity index is 4.58. The molecular formula is C12F12N2. The molecule has 0 aliphatic heterocycles. The lowest BCUT2D eigenvalue weighted by atomic mass is 9.85. The molecule has 1 aromatic rings.